The molecule has 1 aliphatic carbocycles. The molecule has 2 heterocycles. The van der Waals surface area contributed by atoms with Crippen LogP contribution in [0.3, 0.4) is 0 Å². The molecular formula is C21H24Cl2N4O2. The van der Waals surface area contributed by atoms with E-state index in [9.17, 15) is 9.59 Å². The van der Waals surface area contributed by atoms with Gasteiger partial charge in [0.2, 0.25) is 5.91 Å². The van der Waals surface area contributed by atoms with Gasteiger partial charge in [-0.3, -0.25) is 9.59 Å². The molecule has 6 nitrogen and oxygen atoms in total. The van der Waals surface area contributed by atoms with Gasteiger partial charge in [-0.25, -0.2) is 4.68 Å². The lowest BCUT2D eigenvalue weighted by molar-refractivity contribution is -0.135. The number of aromatic nitrogens is 2. The number of benzene rings is 1. The van der Waals surface area contributed by atoms with Crippen molar-refractivity contribution < 1.29 is 9.59 Å². The van der Waals surface area contributed by atoms with Crippen LogP contribution in [0.15, 0.2) is 24.4 Å². The molecule has 0 radical (unpaired) electrons. The zero-order valence-corrected chi connectivity index (χ0v) is 18.1. The summed E-state index contributed by atoms with van der Waals surface area (Å²) in [4.78, 5) is 29.1. The third-order valence-electron chi connectivity index (χ3n) is 5.51. The Bertz CT molecular complexity index is 944. The van der Waals surface area contributed by atoms with E-state index in [1.807, 2.05) is 29.7 Å². The zero-order chi connectivity index (χ0) is 20.7. The molecule has 1 aromatic carbocycles. The van der Waals surface area contributed by atoms with Gasteiger partial charge >= 0.3 is 0 Å². The van der Waals surface area contributed by atoms with E-state index < -0.39 is 0 Å². The monoisotopic (exact) mass is 434 g/mol. The molecule has 2 aromatic rings. The maximum absolute atomic E-state index is 13.3. The summed E-state index contributed by atoms with van der Waals surface area (Å²) in [6, 6.07) is 5.28. The smallest absolute Gasteiger partial charge is 0.257 e. The largest absolute Gasteiger partial charge is 0.339 e. The van der Waals surface area contributed by atoms with Crippen LogP contribution in [0.1, 0.15) is 48.7 Å². The van der Waals surface area contributed by atoms with E-state index >= 15 is 0 Å². The third kappa shape index (κ3) is 4.01. The Morgan fingerprint density at radius 3 is 2.31 bits per heavy atom. The van der Waals surface area contributed by atoms with Gasteiger partial charge in [0.15, 0.2) is 0 Å². The summed E-state index contributed by atoms with van der Waals surface area (Å²) >= 11 is 12.4. The predicted molar refractivity (Wildman–Crippen MR) is 113 cm³/mol. The second kappa shape index (κ2) is 8.00. The Balaban J connectivity index is 1.57. The third-order valence-corrected chi connectivity index (χ3v) is 6.05. The fourth-order valence-corrected chi connectivity index (χ4v) is 4.27. The lowest BCUT2D eigenvalue weighted by Crippen LogP contribution is -2.51. The number of nitrogens with zero attached hydrogens (tertiary/aromatic N) is 4. The average molecular weight is 435 g/mol. The molecule has 2 amide bonds. The van der Waals surface area contributed by atoms with Gasteiger partial charge in [0.25, 0.3) is 5.91 Å². The molecule has 0 spiro atoms. The molecule has 1 aromatic heterocycles. The predicted octanol–water partition coefficient (Wildman–Crippen LogP) is 4.00. The van der Waals surface area contributed by atoms with Crippen LogP contribution < -0.4 is 0 Å². The average Bonchev–Trinajstić information content (AvgIpc) is 3.45. The number of amides is 2. The summed E-state index contributed by atoms with van der Waals surface area (Å²) in [5.41, 5.74) is 2.27. The molecule has 4 rings (SSSR count). The highest BCUT2D eigenvalue weighted by Gasteiger charge is 2.35. The van der Waals surface area contributed by atoms with Crippen LogP contribution in [0.5, 0.6) is 0 Å². The summed E-state index contributed by atoms with van der Waals surface area (Å²) in [5, 5.41) is 5.56. The van der Waals surface area contributed by atoms with E-state index in [4.69, 9.17) is 23.2 Å². The maximum Gasteiger partial charge on any atom is 0.257 e. The highest BCUT2D eigenvalue weighted by atomic mass is 35.5. The van der Waals surface area contributed by atoms with Crippen molar-refractivity contribution in [1.82, 2.24) is 19.6 Å². The second-order valence-electron chi connectivity index (χ2n) is 8.00. The van der Waals surface area contributed by atoms with Crippen molar-refractivity contribution in [3.05, 3.63) is 45.7 Å². The molecule has 2 aliphatic rings. The minimum atomic E-state index is -0.0279. The summed E-state index contributed by atoms with van der Waals surface area (Å²) in [7, 11) is 0. The number of hydrogen-bond donors (Lipinski definition) is 0. The van der Waals surface area contributed by atoms with Crippen molar-refractivity contribution in [2.24, 2.45) is 5.92 Å². The molecule has 0 atom stereocenters. The van der Waals surface area contributed by atoms with E-state index in [0.29, 0.717) is 47.7 Å². The first kappa shape index (κ1) is 20.2. The van der Waals surface area contributed by atoms with Gasteiger partial charge in [0.1, 0.15) is 0 Å². The molecule has 1 aliphatic heterocycles. The molecule has 154 valence electrons. The Morgan fingerprint density at radius 2 is 1.72 bits per heavy atom. The maximum atomic E-state index is 13.3. The number of piperazine rings is 1. The summed E-state index contributed by atoms with van der Waals surface area (Å²) in [6.45, 7) is 6.01. The Kier molecular flexibility index (Phi) is 5.58. The first-order valence-corrected chi connectivity index (χ1v) is 10.7. The van der Waals surface area contributed by atoms with Crippen LogP contribution in [0.25, 0.3) is 5.69 Å². The van der Waals surface area contributed by atoms with Crippen molar-refractivity contribution in [1.29, 1.82) is 0 Å². The van der Waals surface area contributed by atoms with Crippen LogP contribution in [0.4, 0.5) is 0 Å². The quantitative estimate of drug-likeness (QED) is 0.730. The Hall–Kier alpha value is -2.05. The Labute approximate surface area is 180 Å². The molecule has 29 heavy (non-hydrogen) atoms. The van der Waals surface area contributed by atoms with Gasteiger partial charge in [-0.15, -0.1) is 0 Å². The topological polar surface area (TPSA) is 58.4 Å². The Morgan fingerprint density at radius 1 is 1.07 bits per heavy atom. The number of carbonyl (C=O) groups is 2. The normalized spacial score (nSPS) is 17.1. The van der Waals surface area contributed by atoms with Crippen molar-refractivity contribution in [2.45, 2.75) is 32.6 Å². The number of halogens is 2. The van der Waals surface area contributed by atoms with Gasteiger partial charge in [-0.2, -0.15) is 5.10 Å². The minimum absolute atomic E-state index is 0.0268. The first-order chi connectivity index (χ1) is 13.9. The van der Waals surface area contributed by atoms with E-state index in [-0.39, 0.29) is 17.7 Å². The lowest BCUT2D eigenvalue weighted by atomic mass is 10.1. The SMILES string of the molecule is CC(C)C(=O)N1CCN(C(=O)c2cnn(-c3ccc(Cl)cc3Cl)c2C2CC2)CC1. The summed E-state index contributed by atoms with van der Waals surface area (Å²) in [5.74, 6) is 0.397. The van der Waals surface area contributed by atoms with Crippen LogP contribution in [-0.2, 0) is 4.79 Å². The standard InChI is InChI=1S/C21H24Cl2N4O2/c1-13(2)20(28)25-7-9-26(10-8-25)21(29)16-12-24-27(19(16)14-3-4-14)18-6-5-15(22)11-17(18)23/h5-6,11-14H,3-4,7-10H2,1-2H3. The van der Waals surface area contributed by atoms with Gasteiger partial charge in [-0.05, 0) is 31.0 Å². The van der Waals surface area contributed by atoms with Crippen molar-refractivity contribution in [3.63, 3.8) is 0 Å². The van der Waals surface area contributed by atoms with Crippen molar-refractivity contribution >= 4 is 35.0 Å². The molecule has 8 heteroatoms. The minimum Gasteiger partial charge on any atom is -0.339 e. The van der Waals surface area contributed by atoms with Gasteiger partial charge in [0.05, 0.1) is 28.2 Å². The number of carbonyl (C=O) groups excluding carboxylic acids is 2. The van der Waals surface area contributed by atoms with E-state index in [1.165, 1.54) is 0 Å². The molecular weight excluding hydrogens is 411 g/mol. The number of rotatable bonds is 4. The summed E-state index contributed by atoms with van der Waals surface area (Å²) < 4.78 is 1.78. The van der Waals surface area contributed by atoms with Gasteiger partial charge < -0.3 is 9.80 Å². The second-order valence-corrected chi connectivity index (χ2v) is 8.84. The molecule has 1 saturated heterocycles. The number of hydrogen-bond acceptors (Lipinski definition) is 3. The molecule has 1 saturated carbocycles. The van der Waals surface area contributed by atoms with Crippen LogP contribution in [0, 0.1) is 5.92 Å². The van der Waals surface area contributed by atoms with Crippen LogP contribution in [-0.4, -0.2) is 57.6 Å². The molecule has 2 fully saturated rings. The first-order valence-electron chi connectivity index (χ1n) is 9.98. The van der Waals surface area contributed by atoms with Gasteiger partial charge in [0, 0.05) is 43.0 Å². The van der Waals surface area contributed by atoms with E-state index in [2.05, 4.69) is 5.10 Å². The molecule has 0 unspecified atom stereocenters. The highest BCUT2D eigenvalue weighted by Crippen LogP contribution is 2.43. The lowest BCUT2D eigenvalue weighted by Gasteiger charge is -2.35. The van der Waals surface area contributed by atoms with E-state index in [0.717, 1.165) is 24.2 Å². The highest BCUT2D eigenvalue weighted by molar-refractivity contribution is 6.35. The fraction of sp³-hybridized carbons (Fsp3) is 0.476. The molecule has 0 bridgehead atoms. The zero-order valence-electron chi connectivity index (χ0n) is 16.6. The summed E-state index contributed by atoms with van der Waals surface area (Å²) in [6.07, 6.45) is 3.72. The van der Waals surface area contributed by atoms with Crippen molar-refractivity contribution in [3.8, 4) is 5.69 Å². The van der Waals surface area contributed by atoms with Crippen LogP contribution in [0.2, 0.25) is 10.0 Å². The molecule has 0 N–H and O–H groups in total. The van der Waals surface area contributed by atoms with E-state index in [1.54, 1.807) is 23.0 Å². The van der Waals surface area contributed by atoms with Gasteiger partial charge in [-0.1, -0.05) is 37.0 Å². The van der Waals surface area contributed by atoms with Crippen molar-refractivity contribution in [2.75, 3.05) is 26.2 Å². The fourth-order valence-electron chi connectivity index (χ4n) is 3.78. The van der Waals surface area contributed by atoms with Crippen LogP contribution >= 0.6 is 23.2 Å².